The number of hydrogen-bond donors (Lipinski definition) is 1. The van der Waals surface area contributed by atoms with Crippen LogP contribution in [0.15, 0.2) is 18.2 Å². The van der Waals surface area contributed by atoms with Gasteiger partial charge in [-0.15, -0.1) is 13.2 Å². The third kappa shape index (κ3) is 3.21. The normalized spacial score (nSPS) is 12.6. The number of phenols is 1. The molecule has 1 aromatic carbocycles. The van der Waals surface area contributed by atoms with Crippen molar-refractivity contribution in [1.29, 1.82) is 0 Å². The first-order valence-electron chi connectivity index (χ1n) is 3.75. The van der Waals surface area contributed by atoms with E-state index in [9.17, 15) is 26.3 Å². The summed E-state index contributed by atoms with van der Waals surface area (Å²) in [4.78, 5) is 0. The van der Waals surface area contributed by atoms with Gasteiger partial charge in [-0.1, -0.05) is 0 Å². The Morgan fingerprint density at radius 2 is 1.56 bits per heavy atom. The van der Waals surface area contributed by atoms with Gasteiger partial charge in [0.25, 0.3) is 0 Å². The van der Waals surface area contributed by atoms with Crippen LogP contribution >= 0.6 is 0 Å². The van der Waals surface area contributed by atoms with Gasteiger partial charge in [-0.2, -0.15) is 13.2 Å². The van der Waals surface area contributed by atoms with Gasteiger partial charge in [0.15, 0.2) is 0 Å². The topological polar surface area (TPSA) is 29.5 Å². The maximum absolute atomic E-state index is 12.2. The number of phenolic OH excluding ortho intramolecular Hbond substituents is 1. The minimum Gasteiger partial charge on any atom is -0.508 e. The predicted molar refractivity (Wildman–Crippen MR) is 39.8 cm³/mol. The lowest BCUT2D eigenvalue weighted by atomic mass is 10.2. The molecule has 1 N–H and O–H groups in total. The Balaban J connectivity index is 3.19. The van der Waals surface area contributed by atoms with Crippen molar-refractivity contribution in [3.63, 3.8) is 0 Å². The molecule has 0 fully saturated rings. The Labute approximate surface area is 85.1 Å². The maximum Gasteiger partial charge on any atom is 0.573 e. The van der Waals surface area contributed by atoms with Crippen LogP contribution in [0.1, 0.15) is 5.56 Å². The van der Waals surface area contributed by atoms with Crippen LogP contribution in [-0.4, -0.2) is 11.5 Å². The molecule has 0 bridgehead atoms. The van der Waals surface area contributed by atoms with Crippen molar-refractivity contribution in [3.8, 4) is 11.5 Å². The highest BCUT2D eigenvalue weighted by Crippen LogP contribution is 2.39. The molecule has 0 aliphatic carbocycles. The molecule has 90 valence electrons. The molecule has 1 rings (SSSR count). The number of hydrogen-bond acceptors (Lipinski definition) is 2. The van der Waals surface area contributed by atoms with E-state index in [1.54, 1.807) is 0 Å². The molecule has 1 aromatic rings. The maximum atomic E-state index is 12.2. The molecule has 0 saturated heterocycles. The van der Waals surface area contributed by atoms with Crippen LogP contribution in [0.4, 0.5) is 26.3 Å². The molecule has 0 heterocycles. The van der Waals surface area contributed by atoms with Crippen LogP contribution in [-0.2, 0) is 6.18 Å². The molecule has 2 nitrogen and oxygen atoms in total. The molecule has 0 aliphatic heterocycles. The van der Waals surface area contributed by atoms with Crippen LogP contribution in [0.3, 0.4) is 0 Å². The minimum absolute atomic E-state index is 0.154. The van der Waals surface area contributed by atoms with E-state index in [0.717, 1.165) is 0 Å². The van der Waals surface area contributed by atoms with E-state index in [-0.39, 0.29) is 6.07 Å². The van der Waals surface area contributed by atoms with Crippen LogP contribution in [0.5, 0.6) is 11.5 Å². The molecule has 0 amide bonds. The van der Waals surface area contributed by atoms with Crippen molar-refractivity contribution < 1.29 is 36.2 Å². The highest BCUT2D eigenvalue weighted by molar-refractivity contribution is 5.41. The zero-order chi connectivity index (χ0) is 12.6. The minimum atomic E-state index is -5.23. The lowest BCUT2D eigenvalue weighted by Gasteiger charge is -2.15. The molecule has 0 spiro atoms. The summed E-state index contributed by atoms with van der Waals surface area (Å²) in [5.74, 6) is -2.21. The number of rotatable bonds is 1. The second-order valence-corrected chi connectivity index (χ2v) is 2.73. The largest absolute Gasteiger partial charge is 0.573 e. The Morgan fingerprint density at radius 3 is 2.00 bits per heavy atom. The van der Waals surface area contributed by atoms with Crippen molar-refractivity contribution in [1.82, 2.24) is 0 Å². The molecule has 8 heteroatoms. The SMILES string of the molecule is Oc1ccc(OC(F)(F)F)c(C(F)(F)F)c1. The van der Waals surface area contributed by atoms with Crippen molar-refractivity contribution in [2.45, 2.75) is 12.5 Å². The van der Waals surface area contributed by atoms with E-state index in [2.05, 4.69) is 4.74 Å². The fraction of sp³-hybridized carbons (Fsp3) is 0.250. The molecule has 0 aliphatic rings. The first-order valence-corrected chi connectivity index (χ1v) is 3.75. The van der Waals surface area contributed by atoms with Crippen molar-refractivity contribution in [2.24, 2.45) is 0 Å². The monoisotopic (exact) mass is 246 g/mol. The molecule has 0 radical (unpaired) electrons. The Kier molecular flexibility index (Phi) is 2.93. The summed E-state index contributed by atoms with van der Waals surface area (Å²) in [6.07, 6.45) is -10.3. The van der Waals surface area contributed by atoms with Gasteiger partial charge < -0.3 is 9.84 Å². The van der Waals surface area contributed by atoms with Crippen molar-refractivity contribution >= 4 is 0 Å². The highest BCUT2D eigenvalue weighted by atomic mass is 19.4. The first-order chi connectivity index (χ1) is 7.09. The summed E-state index contributed by atoms with van der Waals surface area (Å²) in [5.41, 5.74) is -1.69. The van der Waals surface area contributed by atoms with E-state index in [4.69, 9.17) is 5.11 Å². The third-order valence-corrected chi connectivity index (χ3v) is 1.49. The molecule has 0 saturated carbocycles. The third-order valence-electron chi connectivity index (χ3n) is 1.49. The predicted octanol–water partition coefficient (Wildman–Crippen LogP) is 3.31. The summed E-state index contributed by atoms with van der Waals surface area (Å²) >= 11 is 0. The van der Waals surface area contributed by atoms with Crippen LogP contribution in [0, 0.1) is 0 Å². The number of aromatic hydroxyl groups is 1. The first kappa shape index (κ1) is 12.5. The van der Waals surface area contributed by atoms with Gasteiger partial charge in [0.1, 0.15) is 17.1 Å². The Hall–Kier alpha value is -1.60. The zero-order valence-corrected chi connectivity index (χ0v) is 7.36. The van der Waals surface area contributed by atoms with Gasteiger partial charge in [-0.05, 0) is 18.2 Å². The number of ether oxygens (including phenoxy) is 1. The second-order valence-electron chi connectivity index (χ2n) is 2.73. The molecule has 0 aromatic heterocycles. The van der Waals surface area contributed by atoms with Gasteiger partial charge in [0, 0.05) is 0 Å². The lowest BCUT2D eigenvalue weighted by Crippen LogP contribution is -2.20. The molecule has 0 unspecified atom stereocenters. The number of alkyl halides is 6. The molecule has 0 atom stereocenters. The summed E-state index contributed by atoms with van der Waals surface area (Å²) < 4.78 is 75.2. The van der Waals surface area contributed by atoms with E-state index >= 15 is 0 Å². The van der Waals surface area contributed by atoms with Crippen molar-refractivity contribution in [2.75, 3.05) is 0 Å². The fourth-order valence-electron chi connectivity index (χ4n) is 0.953. The van der Waals surface area contributed by atoms with Gasteiger partial charge in [0.2, 0.25) is 0 Å². The van der Waals surface area contributed by atoms with Crippen LogP contribution in [0.25, 0.3) is 0 Å². The average molecular weight is 246 g/mol. The Bertz CT molecular complexity index is 381. The smallest absolute Gasteiger partial charge is 0.508 e. The molecular weight excluding hydrogens is 242 g/mol. The van der Waals surface area contributed by atoms with E-state index in [0.29, 0.717) is 12.1 Å². The molecular formula is C8H4F6O2. The van der Waals surface area contributed by atoms with Gasteiger partial charge in [-0.3, -0.25) is 0 Å². The quantitative estimate of drug-likeness (QED) is 0.770. The molecule has 16 heavy (non-hydrogen) atoms. The average Bonchev–Trinajstić information content (AvgIpc) is 2.04. The van der Waals surface area contributed by atoms with Crippen molar-refractivity contribution in [3.05, 3.63) is 23.8 Å². The summed E-state index contributed by atoms with van der Waals surface area (Å²) in [6, 6.07) is 1.21. The van der Waals surface area contributed by atoms with Gasteiger partial charge >= 0.3 is 12.5 Å². The summed E-state index contributed by atoms with van der Waals surface area (Å²) in [5, 5.41) is 8.76. The zero-order valence-electron chi connectivity index (χ0n) is 7.36. The fourth-order valence-corrected chi connectivity index (χ4v) is 0.953. The highest BCUT2D eigenvalue weighted by Gasteiger charge is 2.39. The summed E-state index contributed by atoms with van der Waals surface area (Å²) in [7, 11) is 0. The van der Waals surface area contributed by atoms with Crippen LogP contribution in [0.2, 0.25) is 0 Å². The summed E-state index contributed by atoms with van der Waals surface area (Å²) in [6.45, 7) is 0. The number of benzene rings is 1. The van der Waals surface area contributed by atoms with Gasteiger partial charge in [0.05, 0.1) is 0 Å². The second kappa shape index (κ2) is 3.76. The Morgan fingerprint density at radius 1 is 1.00 bits per heavy atom. The van der Waals surface area contributed by atoms with E-state index in [1.165, 1.54) is 0 Å². The van der Waals surface area contributed by atoms with E-state index < -0.39 is 29.6 Å². The standard InChI is InChI=1S/C8H4F6O2/c9-7(10,11)5-3-4(15)1-2-6(5)16-8(12,13)14/h1-3,15H. The van der Waals surface area contributed by atoms with Gasteiger partial charge in [-0.25, -0.2) is 0 Å². The number of halogens is 6. The van der Waals surface area contributed by atoms with E-state index in [1.807, 2.05) is 0 Å². The lowest BCUT2D eigenvalue weighted by molar-refractivity contribution is -0.276. The van der Waals surface area contributed by atoms with Crippen LogP contribution < -0.4 is 4.74 Å².